The van der Waals surface area contributed by atoms with Crippen LogP contribution in [0.25, 0.3) is 0 Å². The van der Waals surface area contributed by atoms with Crippen molar-refractivity contribution in [1.29, 1.82) is 0 Å². The van der Waals surface area contributed by atoms with Crippen LogP contribution in [-0.4, -0.2) is 27.3 Å². The Kier molecular flexibility index (Phi) is 479. The van der Waals surface area contributed by atoms with Crippen LogP contribution in [0.5, 0.6) is 0 Å². The second kappa shape index (κ2) is 44.2. The van der Waals surface area contributed by atoms with E-state index in [9.17, 15) is 0 Å². The van der Waals surface area contributed by atoms with Gasteiger partial charge in [0.05, 0.1) is 0 Å². The van der Waals surface area contributed by atoms with Crippen LogP contribution >= 0.6 is 0 Å². The van der Waals surface area contributed by atoms with Gasteiger partial charge in [0.15, 0.2) is 0 Å². The molecule has 6 heavy (non-hydrogen) atoms. The molecule has 0 saturated heterocycles. The topological polar surface area (TPSA) is 0 Å². The van der Waals surface area contributed by atoms with E-state index in [0.29, 0.717) is 0 Å². The van der Waals surface area contributed by atoms with E-state index in [1.54, 1.807) is 0 Å². The summed E-state index contributed by atoms with van der Waals surface area (Å²) in [5.74, 6) is 0. The van der Waals surface area contributed by atoms with Crippen molar-refractivity contribution in [3.8, 4) is 0 Å². The van der Waals surface area contributed by atoms with E-state index < -0.39 is 0 Å². The molecule has 0 aliphatic rings. The Morgan fingerprint density at radius 1 is 0.667 bits per heavy atom. The van der Waals surface area contributed by atoms with Crippen LogP contribution in [0.4, 0.5) is 0 Å². The Morgan fingerprint density at radius 3 is 0.667 bits per heavy atom. The maximum absolute atomic E-state index is 0. The van der Waals surface area contributed by atoms with Crippen molar-refractivity contribution in [3.63, 3.8) is 0 Å². The molecular formula is PbS4Zn. The van der Waals surface area contributed by atoms with Gasteiger partial charge in [-0.15, -0.1) is 0 Å². The summed E-state index contributed by atoms with van der Waals surface area (Å²) in [4.78, 5) is 0. The minimum atomic E-state index is 0. The van der Waals surface area contributed by atoms with Gasteiger partial charge in [-0.3, -0.25) is 0 Å². The van der Waals surface area contributed by atoms with E-state index in [0.717, 1.165) is 0 Å². The quantitative estimate of drug-likeness (QED) is 0.486. The summed E-state index contributed by atoms with van der Waals surface area (Å²) in [6, 6.07) is 0. The summed E-state index contributed by atoms with van der Waals surface area (Å²) in [7, 11) is 0. The summed E-state index contributed by atoms with van der Waals surface area (Å²) in [6.45, 7) is 0. The average Bonchev–Trinajstić information content (AvgIpc) is 0. The summed E-state index contributed by atoms with van der Waals surface area (Å²) in [5, 5.41) is 0. The van der Waals surface area contributed by atoms with Crippen molar-refractivity contribution in [3.05, 3.63) is 0 Å². The summed E-state index contributed by atoms with van der Waals surface area (Å²) >= 11 is 0. The van der Waals surface area contributed by atoms with Crippen molar-refractivity contribution >= 4 is 81.3 Å². The number of rotatable bonds is 0. The standard InChI is InChI=1S/Pb.4S.Zn/q+2;3*-2;2*+2. The van der Waals surface area contributed by atoms with E-state index in [1.807, 2.05) is 0 Å². The fraction of sp³-hybridized carbons (Fsp3) is 0. The van der Waals surface area contributed by atoms with Crippen LogP contribution < -0.4 is 0 Å². The first kappa shape index (κ1) is 65.1. The maximum atomic E-state index is 0. The Bertz CT molecular complexity index is 7.51. The molecule has 0 aromatic rings. The van der Waals surface area contributed by atoms with Crippen molar-refractivity contribution < 1.29 is 19.5 Å². The van der Waals surface area contributed by atoms with E-state index in [1.165, 1.54) is 0 Å². The van der Waals surface area contributed by atoms with Gasteiger partial charge < -0.3 is 40.5 Å². The molecule has 0 saturated carbocycles. The zero-order chi connectivity index (χ0) is 0. The third kappa shape index (κ3) is 28.3. The number of hydrogen-bond acceptors (Lipinski definition) is 0. The third-order valence-corrected chi connectivity index (χ3v) is 0. The molecule has 0 aliphatic carbocycles. The molecule has 0 N–H and O–H groups in total. The first-order valence-corrected chi connectivity index (χ1v) is 0. The molecule has 0 spiro atoms. The molecule has 6 radical (unpaired) electrons. The fourth-order valence-electron chi connectivity index (χ4n) is 0. The van der Waals surface area contributed by atoms with Crippen molar-refractivity contribution in [2.45, 2.75) is 0 Å². The van der Waals surface area contributed by atoms with Gasteiger partial charge in [0.1, 0.15) is 0 Å². The second-order valence-corrected chi connectivity index (χ2v) is 0. The van der Waals surface area contributed by atoms with Crippen molar-refractivity contribution in [1.82, 2.24) is 0 Å². The molecule has 0 rings (SSSR count). The van der Waals surface area contributed by atoms with Gasteiger partial charge in [-0.2, -0.15) is 0 Å². The minimum absolute atomic E-state index is 0. The molecule has 0 atom stereocenters. The van der Waals surface area contributed by atoms with Crippen LogP contribution in [0.2, 0.25) is 0 Å². The van der Waals surface area contributed by atoms with Gasteiger partial charge in [0.25, 0.3) is 0 Å². The van der Waals surface area contributed by atoms with Gasteiger partial charge in [-0.1, -0.05) is 0 Å². The normalized spacial score (nSPS) is 0. The molecule has 0 bridgehead atoms. The van der Waals surface area contributed by atoms with E-state index in [2.05, 4.69) is 0 Å². The van der Waals surface area contributed by atoms with Crippen LogP contribution in [0.1, 0.15) is 0 Å². The molecule has 0 fully saturated rings. The summed E-state index contributed by atoms with van der Waals surface area (Å²) in [5.41, 5.74) is 0. The molecule has 0 aliphatic heterocycles. The molecule has 0 aromatic heterocycles. The predicted molar refractivity (Wildman–Crippen MR) is 35.2 cm³/mol. The average molecular weight is 401 g/mol. The Morgan fingerprint density at radius 2 is 0.667 bits per heavy atom. The van der Waals surface area contributed by atoms with Crippen LogP contribution in [0.3, 0.4) is 0 Å². The zero-order valence-corrected chi connectivity index (χ0v) is 13.0. The summed E-state index contributed by atoms with van der Waals surface area (Å²) in [6.07, 6.45) is 0. The summed E-state index contributed by atoms with van der Waals surface area (Å²) < 4.78 is 0. The molecule has 0 unspecified atom stereocenters. The van der Waals surface area contributed by atoms with Gasteiger partial charge in [-0.25, -0.2) is 0 Å². The third-order valence-electron chi connectivity index (χ3n) is 0. The zero-order valence-electron chi connectivity index (χ0n) is 2.84. The van der Waals surface area contributed by atoms with Gasteiger partial charge >= 0.3 is 60.3 Å². The van der Waals surface area contributed by atoms with Crippen LogP contribution in [0.15, 0.2) is 0 Å². The first-order chi connectivity index (χ1) is 0. The predicted octanol–water partition coefficient (Wildman–Crippen LogP) is -0.393. The van der Waals surface area contributed by atoms with E-state index >= 15 is 0 Å². The van der Waals surface area contributed by atoms with Gasteiger partial charge in [0.2, 0.25) is 0 Å². The van der Waals surface area contributed by atoms with Gasteiger partial charge in [-0.05, 0) is 0 Å². The molecule has 6 heteroatoms. The Hall–Kier alpha value is 2.95. The van der Waals surface area contributed by atoms with Crippen molar-refractivity contribution in [2.24, 2.45) is 0 Å². The smallest absolute Gasteiger partial charge is 2.00 e. The maximum Gasteiger partial charge on any atom is 2.00 e. The van der Waals surface area contributed by atoms with Gasteiger partial charge in [0, 0.05) is 0 Å². The molecule has 0 aromatic carbocycles. The largest absolute Gasteiger partial charge is 2.00 e. The molecule has 0 heterocycles. The van der Waals surface area contributed by atoms with Crippen LogP contribution in [-0.2, 0) is 73.5 Å². The molecular weight excluding hydrogens is 401 g/mol. The molecule has 30 valence electrons. The first-order valence-electron chi connectivity index (χ1n) is 0. The SMILES string of the molecule is [Pb+2].[S+2].[S-2].[S-2].[S-2].[Zn+2]. The molecule has 0 nitrogen and oxygen atoms in total. The minimum Gasteiger partial charge on any atom is -2.00 e. The number of hydrogen-bond donors (Lipinski definition) is 0. The Balaban J connectivity index is 0. The molecule has 0 amide bonds. The Labute approximate surface area is 99.3 Å². The van der Waals surface area contributed by atoms with Crippen molar-refractivity contribution in [2.75, 3.05) is 0 Å². The van der Waals surface area contributed by atoms with E-state index in [4.69, 9.17) is 0 Å². The van der Waals surface area contributed by atoms with Crippen LogP contribution in [0, 0.1) is 0 Å². The fourth-order valence-corrected chi connectivity index (χ4v) is 0. The second-order valence-electron chi connectivity index (χ2n) is 0. The van der Waals surface area contributed by atoms with E-state index in [-0.39, 0.29) is 101 Å². The monoisotopic (exact) mass is 400 g/mol.